The fourth-order valence-electron chi connectivity index (χ4n) is 2.49. The first kappa shape index (κ1) is 16.7. The molecular formula is C17H25NO3Si. The van der Waals surface area contributed by atoms with E-state index in [-0.39, 0.29) is 29.9 Å². The van der Waals surface area contributed by atoms with Crippen molar-refractivity contribution in [3.05, 3.63) is 35.9 Å². The molecule has 22 heavy (non-hydrogen) atoms. The van der Waals surface area contributed by atoms with Crippen LogP contribution in [0.5, 0.6) is 0 Å². The fraction of sp³-hybridized carbons (Fsp3) is 0.529. The first-order chi connectivity index (χ1) is 10.1. The Bertz CT molecular complexity index is 563. The normalized spacial score (nSPS) is 18.9. The second-order valence-electron chi connectivity index (χ2n) is 7.39. The van der Waals surface area contributed by atoms with E-state index in [2.05, 4.69) is 33.9 Å². The van der Waals surface area contributed by atoms with Gasteiger partial charge in [0.25, 0.3) is 0 Å². The first-order valence-electron chi connectivity index (χ1n) is 7.67. The smallest absolute Gasteiger partial charge is 0.328 e. The lowest BCUT2D eigenvalue weighted by molar-refractivity contribution is -0.161. The minimum Gasteiger partial charge on any atom is -0.459 e. The average molecular weight is 319 g/mol. The Morgan fingerprint density at radius 1 is 1.27 bits per heavy atom. The highest BCUT2D eigenvalue weighted by Gasteiger charge is 2.54. The molecule has 0 radical (unpaired) electrons. The van der Waals surface area contributed by atoms with E-state index in [1.54, 1.807) is 0 Å². The lowest BCUT2D eigenvalue weighted by Crippen LogP contribution is -2.70. The molecule has 0 spiro atoms. The number of carbonyl (C=O) groups excluding carboxylic acids is 2. The minimum atomic E-state index is -2.04. The van der Waals surface area contributed by atoms with E-state index < -0.39 is 14.3 Å². The van der Waals surface area contributed by atoms with Crippen LogP contribution in [0.25, 0.3) is 0 Å². The van der Waals surface area contributed by atoms with Gasteiger partial charge in [-0.05, 0) is 10.6 Å². The molecule has 120 valence electrons. The maximum absolute atomic E-state index is 12.3. The topological polar surface area (TPSA) is 46.6 Å². The number of β-lactam (4-membered cyclic amide) rings is 1. The monoisotopic (exact) mass is 319 g/mol. The van der Waals surface area contributed by atoms with E-state index in [1.807, 2.05) is 34.9 Å². The van der Waals surface area contributed by atoms with Crippen LogP contribution < -0.4 is 0 Å². The summed E-state index contributed by atoms with van der Waals surface area (Å²) in [5, 5.41) is 0.0149. The molecule has 1 aliphatic heterocycles. The van der Waals surface area contributed by atoms with Gasteiger partial charge in [0, 0.05) is 0 Å². The molecule has 1 saturated heterocycles. The molecule has 0 aromatic heterocycles. The Morgan fingerprint density at radius 3 is 2.36 bits per heavy atom. The molecule has 1 fully saturated rings. The Hall–Kier alpha value is -1.62. The summed E-state index contributed by atoms with van der Waals surface area (Å²) in [5.74, 6) is -0.207. The first-order valence-corrected chi connectivity index (χ1v) is 10.6. The van der Waals surface area contributed by atoms with Crippen LogP contribution in [0.2, 0.25) is 18.1 Å². The summed E-state index contributed by atoms with van der Waals surface area (Å²) in [4.78, 5) is 24.4. The van der Waals surface area contributed by atoms with Crippen molar-refractivity contribution in [3.63, 3.8) is 0 Å². The van der Waals surface area contributed by atoms with Crippen LogP contribution in [0.3, 0.4) is 0 Å². The van der Waals surface area contributed by atoms with Gasteiger partial charge in [0.2, 0.25) is 5.91 Å². The summed E-state index contributed by atoms with van der Waals surface area (Å²) in [6, 6.07) is 9.19. The van der Waals surface area contributed by atoms with Crippen LogP contribution in [0.1, 0.15) is 32.8 Å². The summed E-state index contributed by atoms with van der Waals surface area (Å²) < 4.78 is 7.23. The quantitative estimate of drug-likeness (QED) is 0.486. The van der Waals surface area contributed by atoms with E-state index in [0.29, 0.717) is 0 Å². The largest absolute Gasteiger partial charge is 0.459 e. The summed E-state index contributed by atoms with van der Waals surface area (Å²) in [6.07, 6.45) is 0.278. The molecule has 1 heterocycles. The number of ether oxygens (including phenoxy) is 1. The van der Waals surface area contributed by atoms with Crippen molar-refractivity contribution in [2.24, 2.45) is 0 Å². The highest BCUT2D eigenvalue weighted by molar-refractivity contribution is 6.80. The number of amides is 1. The Morgan fingerprint density at radius 2 is 1.86 bits per heavy atom. The maximum Gasteiger partial charge on any atom is 0.328 e. The van der Waals surface area contributed by atoms with Crippen molar-refractivity contribution in [3.8, 4) is 0 Å². The molecule has 0 N–H and O–H groups in total. The second-order valence-corrected chi connectivity index (χ2v) is 12.5. The molecular weight excluding hydrogens is 294 g/mol. The van der Waals surface area contributed by atoms with Gasteiger partial charge in [-0.2, -0.15) is 0 Å². The molecule has 0 bridgehead atoms. The summed E-state index contributed by atoms with van der Waals surface area (Å²) in [7, 11) is -2.04. The number of carbonyl (C=O) groups is 2. The second kappa shape index (κ2) is 5.87. The van der Waals surface area contributed by atoms with E-state index >= 15 is 0 Å². The Labute approximate surface area is 133 Å². The minimum absolute atomic E-state index is 0.0149. The third-order valence-corrected chi connectivity index (χ3v) is 10.3. The number of hydrogen-bond acceptors (Lipinski definition) is 3. The number of nitrogens with zero attached hydrogens (tertiary/aromatic N) is 1. The fourth-order valence-corrected chi connectivity index (χ4v) is 4.91. The zero-order chi connectivity index (χ0) is 16.5. The molecule has 4 nitrogen and oxygen atoms in total. The highest BCUT2D eigenvalue weighted by atomic mass is 28.3. The molecule has 0 aliphatic carbocycles. The summed E-state index contributed by atoms with van der Waals surface area (Å²) >= 11 is 0. The highest BCUT2D eigenvalue weighted by Crippen LogP contribution is 2.43. The van der Waals surface area contributed by atoms with Gasteiger partial charge in [0.05, 0.1) is 6.42 Å². The lowest BCUT2D eigenvalue weighted by atomic mass is 10.1. The zero-order valence-electron chi connectivity index (χ0n) is 14.1. The number of rotatable bonds is 4. The van der Waals surface area contributed by atoms with E-state index in [0.717, 1.165) is 5.56 Å². The number of benzene rings is 1. The molecule has 1 aromatic carbocycles. The van der Waals surface area contributed by atoms with Crippen LogP contribution in [-0.4, -0.2) is 30.7 Å². The molecule has 2 rings (SSSR count). The van der Waals surface area contributed by atoms with Gasteiger partial charge in [-0.25, -0.2) is 4.79 Å². The van der Waals surface area contributed by atoms with Crippen LogP contribution in [0.4, 0.5) is 0 Å². The molecule has 1 amide bonds. The third kappa shape index (κ3) is 3.09. The van der Waals surface area contributed by atoms with Gasteiger partial charge in [0.15, 0.2) is 8.24 Å². The van der Waals surface area contributed by atoms with Gasteiger partial charge < -0.3 is 9.30 Å². The van der Waals surface area contributed by atoms with Crippen molar-refractivity contribution >= 4 is 20.1 Å². The van der Waals surface area contributed by atoms with Crippen LogP contribution in [-0.2, 0) is 20.9 Å². The summed E-state index contributed by atoms with van der Waals surface area (Å²) in [6.45, 7) is 10.9. The van der Waals surface area contributed by atoms with E-state index in [4.69, 9.17) is 4.74 Å². The predicted octanol–water partition coefficient (Wildman–Crippen LogP) is 3.34. The standard InChI is InChI=1S/C17H25NO3Si/c1-17(2,3)22(4,5)18-14(11-15(18)19)16(20)21-12-13-9-7-6-8-10-13/h6-10,14H,11-12H2,1-5H3. The van der Waals surface area contributed by atoms with Crippen molar-refractivity contribution in [2.75, 3.05) is 0 Å². The van der Waals surface area contributed by atoms with Crippen molar-refractivity contribution in [1.29, 1.82) is 0 Å². The SMILES string of the molecule is CC(C)(C)[Si](C)(C)N1C(=O)CC1C(=O)OCc1ccccc1. The summed E-state index contributed by atoms with van der Waals surface area (Å²) in [5.41, 5.74) is 0.959. The van der Waals surface area contributed by atoms with Crippen molar-refractivity contribution < 1.29 is 14.3 Å². The lowest BCUT2D eigenvalue weighted by Gasteiger charge is -2.53. The van der Waals surface area contributed by atoms with Crippen LogP contribution in [0.15, 0.2) is 30.3 Å². The molecule has 1 aliphatic rings. The predicted molar refractivity (Wildman–Crippen MR) is 88.7 cm³/mol. The van der Waals surface area contributed by atoms with Crippen molar-refractivity contribution in [1.82, 2.24) is 4.57 Å². The van der Waals surface area contributed by atoms with Crippen LogP contribution in [0, 0.1) is 0 Å². The van der Waals surface area contributed by atoms with Gasteiger partial charge in [-0.1, -0.05) is 64.2 Å². The molecule has 5 heteroatoms. The molecule has 1 aromatic rings. The van der Waals surface area contributed by atoms with Crippen LogP contribution >= 0.6 is 0 Å². The third-order valence-electron chi connectivity index (χ3n) is 4.88. The molecule has 1 unspecified atom stereocenters. The van der Waals surface area contributed by atoms with Gasteiger partial charge >= 0.3 is 5.97 Å². The molecule has 0 saturated carbocycles. The average Bonchev–Trinajstić information content (AvgIpc) is 2.41. The number of esters is 1. The maximum atomic E-state index is 12.3. The Balaban J connectivity index is 2.03. The zero-order valence-corrected chi connectivity index (χ0v) is 15.1. The number of hydrogen-bond donors (Lipinski definition) is 0. The molecule has 1 atom stereocenters. The Kier molecular flexibility index (Phi) is 4.47. The van der Waals surface area contributed by atoms with E-state index in [1.165, 1.54) is 0 Å². The van der Waals surface area contributed by atoms with Gasteiger partial charge in [-0.3, -0.25) is 4.79 Å². The van der Waals surface area contributed by atoms with Crippen molar-refractivity contribution in [2.45, 2.75) is 58.0 Å². The van der Waals surface area contributed by atoms with Gasteiger partial charge in [0.1, 0.15) is 12.6 Å². The van der Waals surface area contributed by atoms with Gasteiger partial charge in [-0.15, -0.1) is 0 Å². The van der Waals surface area contributed by atoms with E-state index in [9.17, 15) is 9.59 Å².